The predicted molar refractivity (Wildman–Crippen MR) is 99.2 cm³/mol. The van der Waals surface area contributed by atoms with Crippen LogP contribution in [0.4, 0.5) is 0 Å². The molecular weight excluding hydrogens is 457 g/mol. The zero-order valence-electron chi connectivity index (χ0n) is 12.6. The fraction of sp³-hybridized carbons (Fsp3) is 0.600. The third-order valence-corrected chi connectivity index (χ3v) is 8.08. The Bertz CT molecular complexity index is 486. The van der Waals surface area contributed by atoms with Gasteiger partial charge in [0, 0.05) is 0 Å². The summed E-state index contributed by atoms with van der Waals surface area (Å²) < 4.78 is 33.3. The molecule has 0 aromatic heterocycles. The molecule has 0 spiro atoms. The third kappa shape index (κ3) is 16.4. The molecule has 0 saturated heterocycles. The van der Waals surface area contributed by atoms with Gasteiger partial charge in [-0.2, -0.15) is 0 Å². The minimum atomic E-state index is -4.25. The summed E-state index contributed by atoms with van der Waals surface area (Å²) in [7, 11) is -4.25. The van der Waals surface area contributed by atoms with Gasteiger partial charge in [0.1, 0.15) is 0 Å². The average molecular weight is 482 g/mol. The zero-order valence-corrected chi connectivity index (χ0v) is 16.9. The number of hydrogen-bond acceptors (Lipinski definition) is 3. The van der Waals surface area contributed by atoms with Crippen LogP contribution in [0.2, 0.25) is 16.0 Å². The van der Waals surface area contributed by atoms with E-state index >= 15 is 0 Å². The zero-order chi connectivity index (χ0) is 16.1. The Morgan fingerprint density at radius 2 is 1.48 bits per heavy atom. The molecule has 1 aromatic rings. The van der Waals surface area contributed by atoms with E-state index in [2.05, 4.69) is 34.5 Å². The number of benzene rings is 1. The van der Waals surface area contributed by atoms with Crippen LogP contribution in [0.3, 0.4) is 0 Å². The summed E-state index contributed by atoms with van der Waals surface area (Å²) in [6.07, 6.45) is 4.33. The van der Waals surface area contributed by atoms with Crippen LogP contribution in [0, 0.1) is 0 Å². The second-order valence-electron chi connectivity index (χ2n) is 4.81. The molecular formula is C15H25NaO4SSe2. The molecule has 0 amide bonds. The van der Waals surface area contributed by atoms with Crippen LogP contribution < -0.4 is 0 Å². The number of rotatable bonds is 13. The Kier molecular flexibility index (Phi) is 16.1. The molecule has 0 radical (unpaired) electrons. The molecule has 0 unspecified atom stereocenters. The van der Waals surface area contributed by atoms with Crippen molar-refractivity contribution in [3.63, 3.8) is 0 Å². The van der Waals surface area contributed by atoms with E-state index in [-0.39, 0.29) is 36.2 Å². The summed E-state index contributed by atoms with van der Waals surface area (Å²) in [5.41, 5.74) is 1.46. The Morgan fingerprint density at radius 1 is 0.913 bits per heavy atom. The summed E-state index contributed by atoms with van der Waals surface area (Å²) in [4.78, 5) is 0. The summed E-state index contributed by atoms with van der Waals surface area (Å²) >= 11 is 1.38. The SMILES string of the molecule is O=S(=O)(O)OCCCC[Se]CCCC[Se]Cc1ccccc1.[NaH]. The van der Waals surface area contributed by atoms with Crippen LogP contribution in [-0.2, 0) is 19.9 Å². The minimum absolute atomic E-state index is 0. The number of hydrogen-bond donors (Lipinski definition) is 1. The predicted octanol–water partition coefficient (Wildman–Crippen LogP) is 2.58. The molecule has 0 aliphatic heterocycles. The van der Waals surface area contributed by atoms with Crippen molar-refractivity contribution in [2.45, 2.75) is 47.0 Å². The van der Waals surface area contributed by atoms with Crippen molar-refractivity contribution in [3.8, 4) is 0 Å². The molecule has 4 nitrogen and oxygen atoms in total. The maximum atomic E-state index is 10.3. The Balaban J connectivity index is 0.00000484. The maximum absolute atomic E-state index is 10.3. The van der Waals surface area contributed by atoms with Crippen molar-refractivity contribution in [1.82, 2.24) is 0 Å². The summed E-state index contributed by atoms with van der Waals surface area (Å²) in [6.45, 7) is 0.0942. The van der Waals surface area contributed by atoms with Crippen LogP contribution in [0.5, 0.6) is 0 Å². The topological polar surface area (TPSA) is 63.6 Å². The molecule has 0 heterocycles. The van der Waals surface area contributed by atoms with Crippen molar-refractivity contribution < 1.29 is 17.2 Å². The molecule has 0 bridgehead atoms. The molecule has 8 heteroatoms. The van der Waals surface area contributed by atoms with Crippen molar-refractivity contribution >= 4 is 69.9 Å². The number of unbranched alkanes of at least 4 members (excludes halogenated alkanes) is 2. The van der Waals surface area contributed by atoms with Gasteiger partial charge >= 0.3 is 176 Å². The van der Waals surface area contributed by atoms with Gasteiger partial charge < -0.3 is 0 Å². The summed E-state index contributed by atoms with van der Waals surface area (Å²) in [5, 5.41) is 5.08. The van der Waals surface area contributed by atoms with E-state index in [0.29, 0.717) is 21.4 Å². The van der Waals surface area contributed by atoms with Crippen molar-refractivity contribution in [2.75, 3.05) is 6.61 Å². The van der Waals surface area contributed by atoms with Crippen molar-refractivity contribution in [3.05, 3.63) is 35.9 Å². The van der Waals surface area contributed by atoms with Crippen LogP contribution in [0.25, 0.3) is 0 Å². The Morgan fingerprint density at radius 3 is 2.09 bits per heavy atom. The molecule has 1 rings (SSSR count). The van der Waals surface area contributed by atoms with Crippen LogP contribution in [-0.4, -0.2) is 79.0 Å². The molecule has 0 aliphatic carbocycles. The Labute approximate surface area is 175 Å². The van der Waals surface area contributed by atoms with Gasteiger partial charge in [-0.25, -0.2) is 0 Å². The second kappa shape index (κ2) is 15.4. The van der Waals surface area contributed by atoms with Crippen molar-refractivity contribution in [2.24, 2.45) is 0 Å². The summed E-state index contributed by atoms with van der Waals surface area (Å²) in [6, 6.07) is 10.7. The van der Waals surface area contributed by atoms with E-state index in [1.54, 1.807) is 0 Å². The Hall–Kier alpha value is 1.13. The van der Waals surface area contributed by atoms with E-state index < -0.39 is 10.4 Å². The average Bonchev–Trinajstić information content (AvgIpc) is 2.48. The molecule has 128 valence electrons. The second-order valence-corrected chi connectivity index (χ2v) is 10.8. The van der Waals surface area contributed by atoms with Gasteiger partial charge in [-0.15, -0.1) is 0 Å². The molecule has 1 aromatic carbocycles. The van der Waals surface area contributed by atoms with Gasteiger partial charge in [-0.05, 0) is 0 Å². The quantitative estimate of drug-likeness (QED) is 0.267. The molecule has 23 heavy (non-hydrogen) atoms. The van der Waals surface area contributed by atoms with Crippen LogP contribution in [0.15, 0.2) is 30.3 Å². The van der Waals surface area contributed by atoms with Gasteiger partial charge in [-0.3, -0.25) is 0 Å². The first-order valence-electron chi connectivity index (χ1n) is 7.39. The van der Waals surface area contributed by atoms with Gasteiger partial charge in [0.25, 0.3) is 0 Å². The molecule has 0 saturated carbocycles. The van der Waals surface area contributed by atoms with Gasteiger partial charge in [-0.1, -0.05) is 0 Å². The first-order valence-corrected chi connectivity index (χ1v) is 13.6. The van der Waals surface area contributed by atoms with E-state index in [1.807, 2.05) is 0 Å². The van der Waals surface area contributed by atoms with Crippen LogP contribution in [0.1, 0.15) is 31.2 Å². The van der Waals surface area contributed by atoms with Crippen LogP contribution >= 0.6 is 0 Å². The standard InChI is InChI=1S/C15H24O4SSe2.Na.H/c16-20(17,18)19-10-4-5-11-21-12-6-7-13-22-14-15-8-2-1-3-9-15;;/h1-3,8-9H,4-7,10-14H2,(H,16,17,18);;. The van der Waals surface area contributed by atoms with E-state index in [0.717, 1.165) is 26.7 Å². The molecule has 0 atom stereocenters. The van der Waals surface area contributed by atoms with Gasteiger partial charge in [0.15, 0.2) is 0 Å². The van der Waals surface area contributed by atoms with E-state index in [9.17, 15) is 8.42 Å². The molecule has 1 N–H and O–H groups in total. The first-order chi connectivity index (χ1) is 10.6. The molecule has 0 fully saturated rings. The van der Waals surface area contributed by atoms with Crippen molar-refractivity contribution in [1.29, 1.82) is 0 Å². The first kappa shape index (κ1) is 24.1. The molecule has 0 aliphatic rings. The fourth-order valence-corrected chi connectivity index (χ4v) is 6.27. The van der Waals surface area contributed by atoms with Gasteiger partial charge in [0.2, 0.25) is 0 Å². The monoisotopic (exact) mass is 484 g/mol. The normalized spacial score (nSPS) is 11.2. The van der Waals surface area contributed by atoms with E-state index in [4.69, 9.17) is 4.55 Å². The third-order valence-electron chi connectivity index (χ3n) is 2.85. The van der Waals surface area contributed by atoms with Gasteiger partial charge in [0.05, 0.1) is 0 Å². The fourth-order valence-electron chi connectivity index (χ4n) is 1.74. The van der Waals surface area contributed by atoms with E-state index in [1.165, 1.54) is 34.4 Å². The summed E-state index contributed by atoms with van der Waals surface area (Å²) in [5.74, 6) is 0.